The summed E-state index contributed by atoms with van der Waals surface area (Å²) >= 11 is 0. The van der Waals surface area contributed by atoms with Crippen molar-refractivity contribution in [1.29, 1.82) is 0 Å². The molecule has 1 aromatic heterocycles. The first-order valence-corrected chi connectivity index (χ1v) is 10.9. The number of aliphatic imine (C=N–C) groups is 1. The summed E-state index contributed by atoms with van der Waals surface area (Å²) in [6.07, 6.45) is 4.86. The van der Waals surface area contributed by atoms with E-state index in [9.17, 15) is 8.42 Å². The Balaban J connectivity index is 1.49. The van der Waals surface area contributed by atoms with Gasteiger partial charge in [-0.1, -0.05) is 0 Å². The van der Waals surface area contributed by atoms with E-state index in [0.29, 0.717) is 32.1 Å². The fourth-order valence-electron chi connectivity index (χ4n) is 3.60. The summed E-state index contributed by atoms with van der Waals surface area (Å²) in [6.45, 7) is 4.46. The molecule has 146 valence electrons. The first-order valence-electron chi connectivity index (χ1n) is 9.30. The Morgan fingerprint density at radius 2 is 2.08 bits per heavy atom. The van der Waals surface area contributed by atoms with Gasteiger partial charge in [0.2, 0.25) is 10.0 Å². The van der Waals surface area contributed by atoms with Crippen LogP contribution in [-0.4, -0.2) is 75.7 Å². The smallest absolute Gasteiger partial charge is 0.214 e. The van der Waals surface area contributed by atoms with E-state index in [4.69, 9.17) is 4.42 Å². The van der Waals surface area contributed by atoms with Crippen LogP contribution in [0.5, 0.6) is 0 Å². The molecule has 0 spiro atoms. The summed E-state index contributed by atoms with van der Waals surface area (Å²) in [4.78, 5) is 6.67. The summed E-state index contributed by atoms with van der Waals surface area (Å²) in [6, 6.07) is 4.10. The van der Waals surface area contributed by atoms with Crippen LogP contribution in [0.2, 0.25) is 0 Å². The van der Waals surface area contributed by atoms with Crippen LogP contribution in [0.1, 0.15) is 31.1 Å². The number of rotatable bonds is 7. The summed E-state index contributed by atoms with van der Waals surface area (Å²) in [5.41, 5.74) is 0. The lowest BCUT2D eigenvalue weighted by molar-refractivity contribution is 0.215. The zero-order valence-corrected chi connectivity index (χ0v) is 16.2. The van der Waals surface area contributed by atoms with E-state index < -0.39 is 10.0 Å². The second kappa shape index (κ2) is 8.88. The average molecular weight is 384 g/mol. The van der Waals surface area contributed by atoms with E-state index in [1.165, 1.54) is 12.8 Å². The summed E-state index contributed by atoms with van der Waals surface area (Å²) in [7, 11) is -1.32. The molecule has 2 aliphatic heterocycles. The maximum absolute atomic E-state index is 11.8. The van der Waals surface area contributed by atoms with Gasteiger partial charge in [0.25, 0.3) is 0 Å². The van der Waals surface area contributed by atoms with Crippen LogP contribution in [0.15, 0.2) is 27.8 Å². The third kappa shape index (κ3) is 4.77. The third-order valence-corrected chi connectivity index (χ3v) is 6.95. The van der Waals surface area contributed by atoms with Crippen molar-refractivity contribution < 1.29 is 12.8 Å². The quantitative estimate of drug-likeness (QED) is 0.530. The Morgan fingerprint density at radius 1 is 1.27 bits per heavy atom. The molecule has 26 heavy (non-hydrogen) atoms. The van der Waals surface area contributed by atoms with Crippen LogP contribution >= 0.6 is 0 Å². The number of hydrogen-bond acceptors (Lipinski definition) is 5. The Kier molecular flexibility index (Phi) is 6.55. The van der Waals surface area contributed by atoms with E-state index >= 15 is 0 Å². The van der Waals surface area contributed by atoms with Gasteiger partial charge in [0, 0.05) is 33.2 Å². The molecule has 8 nitrogen and oxygen atoms in total. The highest BCUT2D eigenvalue weighted by Crippen LogP contribution is 2.24. The number of sulfonamides is 1. The summed E-state index contributed by atoms with van der Waals surface area (Å²) < 4.78 is 30.8. The monoisotopic (exact) mass is 383 g/mol. The second-order valence-electron chi connectivity index (χ2n) is 6.72. The van der Waals surface area contributed by atoms with E-state index in [-0.39, 0.29) is 11.8 Å². The molecule has 2 saturated heterocycles. The van der Waals surface area contributed by atoms with Gasteiger partial charge in [0.1, 0.15) is 5.76 Å². The molecule has 2 fully saturated rings. The van der Waals surface area contributed by atoms with Crippen molar-refractivity contribution in [1.82, 2.24) is 19.8 Å². The van der Waals surface area contributed by atoms with E-state index in [0.717, 1.165) is 25.3 Å². The highest BCUT2D eigenvalue weighted by Gasteiger charge is 2.28. The molecule has 0 aromatic carbocycles. The van der Waals surface area contributed by atoms with Crippen molar-refractivity contribution in [2.75, 3.05) is 52.1 Å². The summed E-state index contributed by atoms with van der Waals surface area (Å²) in [5.74, 6) is 1.90. The predicted octanol–water partition coefficient (Wildman–Crippen LogP) is 0.617. The molecule has 3 heterocycles. The number of likely N-dealkylation sites (tertiary alicyclic amines) is 1. The van der Waals surface area contributed by atoms with Crippen LogP contribution in [0, 0.1) is 0 Å². The zero-order valence-electron chi connectivity index (χ0n) is 15.4. The van der Waals surface area contributed by atoms with Gasteiger partial charge in [-0.3, -0.25) is 9.89 Å². The minimum atomic E-state index is -3.04. The number of guanidine groups is 1. The Morgan fingerprint density at radius 3 is 2.69 bits per heavy atom. The van der Waals surface area contributed by atoms with Crippen LogP contribution in [0.3, 0.4) is 0 Å². The van der Waals surface area contributed by atoms with Gasteiger partial charge >= 0.3 is 0 Å². The number of nitrogens with one attached hydrogen (secondary N) is 2. The third-order valence-electron chi connectivity index (χ3n) is 5.00. The Labute approximate surface area is 155 Å². The van der Waals surface area contributed by atoms with Crippen molar-refractivity contribution >= 4 is 16.0 Å². The molecule has 9 heteroatoms. The average Bonchev–Trinajstić information content (AvgIpc) is 3.36. The SMILES string of the molecule is CN=C(NCCN1CCCS1(=O)=O)NCC(c1ccco1)N1CCCC1. The molecular weight excluding hydrogens is 354 g/mol. The molecule has 0 radical (unpaired) electrons. The van der Waals surface area contributed by atoms with Crippen LogP contribution in [-0.2, 0) is 10.0 Å². The minimum Gasteiger partial charge on any atom is -0.468 e. The molecule has 3 rings (SSSR count). The second-order valence-corrected chi connectivity index (χ2v) is 8.81. The predicted molar refractivity (Wildman–Crippen MR) is 102 cm³/mol. The van der Waals surface area contributed by atoms with Crippen molar-refractivity contribution in [2.45, 2.75) is 25.3 Å². The van der Waals surface area contributed by atoms with Gasteiger partial charge in [-0.2, -0.15) is 0 Å². The lowest BCUT2D eigenvalue weighted by Gasteiger charge is -2.27. The lowest BCUT2D eigenvalue weighted by atomic mass is 10.2. The Hall–Kier alpha value is -1.58. The van der Waals surface area contributed by atoms with Gasteiger partial charge in [0.05, 0.1) is 18.1 Å². The molecule has 0 amide bonds. The number of nitrogens with zero attached hydrogens (tertiary/aromatic N) is 3. The number of furan rings is 1. The van der Waals surface area contributed by atoms with E-state index in [1.54, 1.807) is 17.6 Å². The minimum absolute atomic E-state index is 0.171. The molecule has 0 saturated carbocycles. The van der Waals surface area contributed by atoms with Crippen LogP contribution < -0.4 is 10.6 Å². The molecule has 2 aliphatic rings. The largest absolute Gasteiger partial charge is 0.468 e. The molecule has 1 unspecified atom stereocenters. The van der Waals surface area contributed by atoms with E-state index in [1.807, 2.05) is 12.1 Å². The molecule has 1 atom stereocenters. The molecular formula is C17H29N5O3S. The normalized spacial score (nSPS) is 22.6. The molecule has 0 aliphatic carbocycles. The standard InChI is InChI=1S/C17H29N5O3S/c1-18-17(19-7-11-22-10-5-13-26(22,23)24)20-14-15(16-6-4-12-25-16)21-8-2-3-9-21/h4,6,12,15H,2-3,5,7-11,13-14H2,1H3,(H2,18,19,20). The van der Waals surface area contributed by atoms with Crippen LogP contribution in [0.25, 0.3) is 0 Å². The zero-order chi connectivity index (χ0) is 18.4. The van der Waals surface area contributed by atoms with Gasteiger partial charge in [-0.15, -0.1) is 0 Å². The fourth-order valence-corrected chi connectivity index (χ4v) is 5.13. The molecule has 1 aromatic rings. The van der Waals surface area contributed by atoms with Gasteiger partial charge in [0.15, 0.2) is 5.96 Å². The maximum Gasteiger partial charge on any atom is 0.214 e. The van der Waals surface area contributed by atoms with Crippen molar-refractivity contribution in [3.8, 4) is 0 Å². The van der Waals surface area contributed by atoms with Crippen molar-refractivity contribution in [2.24, 2.45) is 4.99 Å². The highest BCUT2D eigenvalue weighted by molar-refractivity contribution is 7.89. The molecule has 0 bridgehead atoms. The van der Waals surface area contributed by atoms with Crippen LogP contribution in [0.4, 0.5) is 0 Å². The maximum atomic E-state index is 11.8. The topological polar surface area (TPSA) is 90.2 Å². The van der Waals surface area contributed by atoms with Gasteiger partial charge in [-0.05, 0) is 44.5 Å². The van der Waals surface area contributed by atoms with Gasteiger partial charge in [-0.25, -0.2) is 12.7 Å². The lowest BCUT2D eigenvalue weighted by Crippen LogP contribution is -2.45. The number of hydrogen-bond donors (Lipinski definition) is 2. The van der Waals surface area contributed by atoms with Gasteiger partial charge < -0.3 is 15.1 Å². The molecule has 2 N–H and O–H groups in total. The fraction of sp³-hybridized carbons (Fsp3) is 0.706. The van der Waals surface area contributed by atoms with E-state index in [2.05, 4.69) is 20.5 Å². The van der Waals surface area contributed by atoms with Crippen molar-refractivity contribution in [3.05, 3.63) is 24.2 Å². The Bertz CT molecular complexity index is 683. The first kappa shape index (κ1) is 19.2. The van der Waals surface area contributed by atoms with Crippen molar-refractivity contribution in [3.63, 3.8) is 0 Å². The highest BCUT2D eigenvalue weighted by atomic mass is 32.2. The first-order chi connectivity index (χ1) is 12.6. The summed E-state index contributed by atoms with van der Waals surface area (Å²) in [5, 5.41) is 6.56.